The van der Waals surface area contributed by atoms with Crippen LogP contribution >= 0.6 is 0 Å². The zero-order valence-electron chi connectivity index (χ0n) is 16.6. The number of methoxy groups -OCH3 is 1. The summed E-state index contributed by atoms with van der Waals surface area (Å²) in [4.78, 5) is 12.3. The molecule has 168 valence electrons. The Kier molecular flexibility index (Phi) is 6.75. The summed E-state index contributed by atoms with van der Waals surface area (Å²) < 4.78 is 75.5. The Morgan fingerprint density at radius 1 is 1.13 bits per heavy atom. The largest absolute Gasteiger partial charge is 0.495 e. The molecular weight excluding hydrogens is 437 g/mol. The minimum atomic E-state index is -4.53. The van der Waals surface area contributed by atoms with Gasteiger partial charge >= 0.3 is 6.18 Å². The summed E-state index contributed by atoms with van der Waals surface area (Å²) in [6.07, 6.45) is -2.96. The topological polar surface area (TPSA) is 84.9 Å². The number of hydrogen-bond acceptors (Lipinski definition) is 5. The molecule has 2 aromatic rings. The molecule has 1 aliphatic rings. The molecule has 7 nitrogen and oxygen atoms in total. The van der Waals surface area contributed by atoms with E-state index >= 15 is 0 Å². The zero-order valence-corrected chi connectivity index (χ0v) is 17.4. The average molecular weight is 458 g/mol. The highest BCUT2D eigenvalue weighted by Crippen LogP contribution is 2.32. The Morgan fingerprint density at radius 2 is 1.84 bits per heavy atom. The van der Waals surface area contributed by atoms with Gasteiger partial charge < -0.3 is 14.8 Å². The predicted molar refractivity (Wildman–Crippen MR) is 107 cm³/mol. The van der Waals surface area contributed by atoms with Crippen molar-refractivity contribution in [2.75, 3.05) is 32.1 Å². The summed E-state index contributed by atoms with van der Waals surface area (Å²) in [5, 5.41) is 2.49. The first kappa shape index (κ1) is 22.9. The van der Waals surface area contributed by atoms with E-state index in [9.17, 15) is 26.4 Å². The first-order chi connectivity index (χ1) is 14.6. The van der Waals surface area contributed by atoms with Gasteiger partial charge in [-0.2, -0.15) is 17.5 Å². The lowest BCUT2D eigenvalue weighted by Gasteiger charge is -2.17. The van der Waals surface area contributed by atoms with Gasteiger partial charge in [-0.25, -0.2) is 8.42 Å². The zero-order chi connectivity index (χ0) is 22.6. The molecule has 0 aromatic heterocycles. The Morgan fingerprint density at radius 3 is 2.48 bits per heavy atom. The number of halogens is 3. The number of sulfonamides is 1. The Hall–Kier alpha value is -2.79. The number of ether oxygens (including phenoxy) is 2. The molecule has 0 bridgehead atoms. The van der Waals surface area contributed by atoms with Crippen molar-refractivity contribution in [1.29, 1.82) is 0 Å². The Bertz CT molecular complexity index is 1050. The SMILES string of the molecule is COc1ccc(S(=O)(=O)N2CCCC2)cc1NC(=O)COc1cccc(C(F)(F)F)c1. The van der Waals surface area contributed by atoms with Gasteiger partial charge in [0.2, 0.25) is 10.0 Å². The van der Waals surface area contributed by atoms with Crippen LogP contribution in [0.25, 0.3) is 0 Å². The summed E-state index contributed by atoms with van der Waals surface area (Å²) in [5.41, 5.74) is -0.785. The third-order valence-corrected chi connectivity index (χ3v) is 6.57. The summed E-state index contributed by atoms with van der Waals surface area (Å²) in [7, 11) is -2.35. The van der Waals surface area contributed by atoms with Gasteiger partial charge in [-0.15, -0.1) is 0 Å². The lowest BCUT2D eigenvalue weighted by Crippen LogP contribution is -2.28. The van der Waals surface area contributed by atoms with Crippen LogP contribution in [0, 0.1) is 0 Å². The highest BCUT2D eigenvalue weighted by molar-refractivity contribution is 7.89. The Balaban J connectivity index is 1.72. The van der Waals surface area contributed by atoms with E-state index in [0.29, 0.717) is 13.1 Å². The fourth-order valence-corrected chi connectivity index (χ4v) is 4.66. The van der Waals surface area contributed by atoms with Gasteiger partial charge in [-0.3, -0.25) is 4.79 Å². The molecule has 31 heavy (non-hydrogen) atoms. The van der Waals surface area contributed by atoms with Crippen molar-refractivity contribution in [3.8, 4) is 11.5 Å². The predicted octanol–water partition coefficient (Wildman–Crippen LogP) is 3.52. The van der Waals surface area contributed by atoms with E-state index in [1.165, 1.54) is 41.7 Å². The minimum Gasteiger partial charge on any atom is -0.495 e. The first-order valence-corrected chi connectivity index (χ1v) is 10.8. The second kappa shape index (κ2) is 9.15. The average Bonchev–Trinajstić information content (AvgIpc) is 3.28. The molecule has 2 aromatic carbocycles. The van der Waals surface area contributed by atoms with E-state index in [-0.39, 0.29) is 22.1 Å². The van der Waals surface area contributed by atoms with Crippen LogP contribution in [-0.2, 0) is 21.0 Å². The fourth-order valence-electron chi connectivity index (χ4n) is 3.12. The molecule has 1 N–H and O–H groups in total. The third-order valence-electron chi connectivity index (χ3n) is 4.68. The van der Waals surface area contributed by atoms with Crippen LogP contribution in [-0.4, -0.2) is 45.4 Å². The lowest BCUT2D eigenvalue weighted by molar-refractivity contribution is -0.137. The van der Waals surface area contributed by atoms with Gasteiger partial charge in [0.15, 0.2) is 6.61 Å². The minimum absolute atomic E-state index is 0.00398. The molecule has 0 unspecified atom stereocenters. The molecule has 1 aliphatic heterocycles. The number of rotatable bonds is 7. The molecule has 1 saturated heterocycles. The number of nitrogens with one attached hydrogen (secondary N) is 1. The van der Waals surface area contributed by atoms with E-state index in [4.69, 9.17) is 9.47 Å². The van der Waals surface area contributed by atoms with Crippen molar-refractivity contribution in [3.05, 3.63) is 48.0 Å². The molecule has 11 heteroatoms. The van der Waals surface area contributed by atoms with Crippen LogP contribution < -0.4 is 14.8 Å². The van der Waals surface area contributed by atoms with Crippen molar-refractivity contribution in [2.45, 2.75) is 23.9 Å². The maximum atomic E-state index is 12.8. The summed E-state index contributed by atoms with van der Waals surface area (Å²) in [6.45, 7) is 0.287. The second-order valence-electron chi connectivity index (χ2n) is 6.84. The van der Waals surface area contributed by atoms with Crippen LogP contribution in [0.2, 0.25) is 0 Å². The molecule has 1 heterocycles. The number of carbonyl (C=O) groups is 1. The first-order valence-electron chi connectivity index (χ1n) is 9.39. The standard InChI is InChI=1S/C20H21F3N2O5S/c1-29-18-8-7-16(31(27,28)25-9-2-3-10-25)12-17(18)24-19(26)13-30-15-6-4-5-14(11-15)20(21,22)23/h4-8,11-12H,2-3,9-10,13H2,1H3,(H,24,26). The second-order valence-corrected chi connectivity index (χ2v) is 8.77. The van der Waals surface area contributed by atoms with Gasteiger partial charge in [0.1, 0.15) is 11.5 Å². The number of alkyl halides is 3. The quantitative estimate of drug-likeness (QED) is 0.687. The Labute approximate surface area is 177 Å². The maximum absolute atomic E-state index is 12.8. The smallest absolute Gasteiger partial charge is 0.416 e. The van der Waals surface area contributed by atoms with Crippen LogP contribution in [0.15, 0.2) is 47.4 Å². The van der Waals surface area contributed by atoms with Crippen molar-refractivity contribution < 1.29 is 35.9 Å². The summed E-state index contributed by atoms with van der Waals surface area (Å²) in [5.74, 6) is -0.582. The molecular formula is C20H21F3N2O5S. The lowest BCUT2D eigenvalue weighted by atomic mass is 10.2. The molecule has 0 radical (unpaired) electrons. The van der Waals surface area contributed by atoms with Crippen molar-refractivity contribution in [3.63, 3.8) is 0 Å². The molecule has 0 saturated carbocycles. The van der Waals surface area contributed by atoms with Crippen molar-refractivity contribution in [2.24, 2.45) is 0 Å². The van der Waals surface area contributed by atoms with Gasteiger partial charge in [0.05, 0.1) is 23.3 Å². The van der Waals surface area contributed by atoms with E-state index in [2.05, 4.69) is 5.32 Å². The van der Waals surface area contributed by atoms with Gasteiger partial charge in [-0.1, -0.05) is 6.07 Å². The van der Waals surface area contributed by atoms with Crippen LogP contribution in [0.4, 0.5) is 18.9 Å². The molecule has 0 spiro atoms. The molecule has 1 amide bonds. The maximum Gasteiger partial charge on any atom is 0.416 e. The summed E-state index contributed by atoms with van der Waals surface area (Å²) >= 11 is 0. The van der Waals surface area contributed by atoms with Crippen LogP contribution in [0.5, 0.6) is 11.5 Å². The van der Waals surface area contributed by atoms with Gasteiger partial charge in [0, 0.05) is 13.1 Å². The number of benzene rings is 2. The highest BCUT2D eigenvalue weighted by atomic mass is 32.2. The molecule has 0 atom stereocenters. The molecule has 3 rings (SSSR count). The normalized spacial score (nSPS) is 15.0. The van der Waals surface area contributed by atoms with Gasteiger partial charge in [-0.05, 0) is 49.2 Å². The third kappa shape index (κ3) is 5.47. The highest BCUT2D eigenvalue weighted by Gasteiger charge is 2.31. The van der Waals surface area contributed by atoms with E-state index in [0.717, 1.165) is 25.0 Å². The van der Waals surface area contributed by atoms with E-state index < -0.39 is 34.3 Å². The number of nitrogens with zero attached hydrogens (tertiary/aromatic N) is 1. The molecule has 0 aliphatic carbocycles. The molecule has 1 fully saturated rings. The van der Waals surface area contributed by atoms with Crippen molar-refractivity contribution in [1.82, 2.24) is 4.31 Å². The fraction of sp³-hybridized carbons (Fsp3) is 0.350. The van der Waals surface area contributed by atoms with E-state index in [1.807, 2.05) is 0 Å². The number of hydrogen-bond donors (Lipinski definition) is 1. The number of carbonyl (C=O) groups excluding carboxylic acids is 1. The van der Waals surface area contributed by atoms with Gasteiger partial charge in [0.25, 0.3) is 5.91 Å². The summed E-state index contributed by atoms with van der Waals surface area (Å²) in [6, 6.07) is 8.25. The van der Waals surface area contributed by atoms with E-state index in [1.54, 1.807) is 0 Å². The number of amides is 1. The van der Waals surface area contributed by atoms with Crippen LogP contribution in [0.3, 0.4) is 0 Å². The number of anilines is 1. The van der Waals surface area contributed by atoms with Crippen molar-refractivity contribution >= 4 is 21.6 Å². The van der Waals surface area contributed by atoms with Crippen LogP contribution in [0.1, 0.15) is 18.4 Å². The monoisotopic (exact) mass is 458 g/mol.